The first kappa shape index (κ1) is 19.3. The number of hydrogen-bond acceptors (Lipinski definition) is 3. The summed E-state index contributed by atoms with van der Waals surface area (Å²) < 4.78 is 41.0. The molecular formula is C16H23F3N2O2. The highest BCUT2D eigenvalue weighted by molar-refractivity contribution is 5.78. The number of carbonyl (C=O) groups excluding carboxylic acids is 1. The summed E-state index contributed by atoms with van der Waals surface area (Å²) in [5, 5.41) is 2.83. The van der Waals surface area contributed by atoms with Gasteiger partial charge in [-0.15, -0.1) is 0 Å². The lowest BCUT2D eigenvalue weighted by molar-refractivity contribution is -0.153. The molecule has 1 rings (SSSR count). The number of amides is 1. The van der Waals surface area contributed by atoms with Crippen molar-refractivity contribution in [2.45, 2.75) is 19.5 Å². The number of benzene rings is 1. The minimum Gasteiger partial charge on any atom is -0.484 e. The van der Waals surface area contributed by atoms with E-state index in [1.807, 2.05) is 25.9 Å². The fourth-order valence-electron chi connectivity index (χ4n) is 2.13. The summed E-state index contributed by atoms with van der Waals surface area (Å²) >= 11 is 0. The molecule has 1 atom stereocenters. The molecule has 0 aliphatic rings. The third kappa shape index (κ3) is 9.07. The summed E-state index contributed by atoms with van der Waals surface area (Å²) in [7, 11) is 3.93. The topological polar surface area (TPSA) is 41.6 Å². The molecule has 1 aromatic rings. The van der Waals surface area contributed by atoms with E-state index in [0.29, 0.717) is 18.0 Å². The number of hydrogen-bond donors (Lipinski definition) is 1. The molecule has 0 heterocycles. The Morgan fingerprint density at radius 2 is 2.04 bits per heavy atom. The van der Waals surface area contributed by atoms with Gasteiger partial charge in [-0.25, -0.2) is 0 Å². The zero-order valence-corrected chi connectivity index (χ0v) is 13.6. The normalized spacial score (nSPS) is 13.0. The van der Waals surface area contributed by atoms with Gasteiger partial charge in [0, 0.05) is 13.1 Å². The molecule has 130 valence electrons. The smallest absolute Gasteiger partial charge is 0.422 e. The van der Waals surface area contributed by atoms with Crippen molar-refractivity contribution in [3.05, 3.63) is 29.8 Å². The Hall–Kier alpha value is -1.76. The molecule has 23 heavy (non-hydrogen) atoms. The van der Waals surface area contributed by atoms with Gasteiger partial charge in [0.2, 0.25) is 5.91 Å². The van der Waals surface area contributed by atoms with Crippen LogP contribution in [0.5, 0.6) is 5.75 Å². The predicted molar refractivity (Wildman–Crippen MR) is 82.4 cm³/mol. The molecule has 0 unspecified atom stereocenters. The average molecular weight is 332 g/mol. The van der Waals surface area contributed by atoms with E-state index in [9.17, 15) is 18.0 Å². The average Bonchev–Trinajstić information content (AvgIpc) is 2.42. The molecule has 0 saturated carbocycles. The summed E-state index contributed by atoms with van der Waals surface area (Å²) in [4.78, 5) is 13.9. The quantitative estimate of drug-likeness (QED) is 0.795. The Morgan fingerprint density at radius 1 is 1.35 bits per heavy atom. The molecule has 0 aromatic heterocycles. The van der Waals surface area contributed by atoms with E-state index in [0.717, 1.165) is 6.54 Å². The van der Waals surface area contributed by atoms with E-state index in [4.69, 9.17) is 0 Å². The first-order valence-corrected chi connectivity index (χ1v) is 7.35. The van der Waals surface area contributed by atoms with Crippen LogP contribution < -0.4 is 10.1 Å². The second kappa shape index (κ2) is 8.76. The fraction of sp³-hybridized carbons (Fsp3) is 0.562. The van der Waals surface area contributed by atoms with Crippen LogP contribution in [0.4, 0.5) is 13.2 Å². The van der Waals surface area contributed by atoms with E-state index in [-0.39, 0.29) is 18.1 Å². The molecule has 0 radical (unpaired) electrons. The van der Waals surface area contributed by atoms with Crippen LogP contribution in [-0.4, -0.2) is 50.8 Å². The standard InChI is InChI=1S/C16H23F3N2O2/c1-12(10-21(2)3)9-20-15(22)8-13-5-4-6-14(7-13)23-11-16(17,18)19/h4-7,12H,8-11H2,1-3H3,(H,20,22)/t12-/m1/s1. The fourth-order valence-corrected chi connectivity index (χ4v) is 2.13. The van der Waals surface area contributed by atoms with Crippen LogP contribution in [0.2, 0.25) is 0 Å². The lowest BCUT2D eigenvalue weighted by Gasteiger charge is -2.17. The van der Waals surface area contributed by atoms with E-state index in [1.54, 1.807) is 12.1 Å². The van der Waals surface area contributed by atoms with Crippen molar-refractivity contribution in [2.75, 3.05) is 33.8 Å². The van der Waals surface area contributed by atoms with Crippen LogP contribution >= 0.6 is 0 Å². The molecule has 0 saturated heterocycles. The van der Waals surface area contributed by atoms with Gasteiger partial charge in [-0.3, -0.25) is 4.79 Å². The van der Waals surface area contributed by atoms with Gasteiger partial charge in [0.15, 0.2) is 6.61 Å². The molecule has 4 nitrogen and oxygen atoms in total. The Bertz CT molecular complexity index is 504. The second-order valence-corrected chi connectivity index (χ2v) is 5.90. The predicted octanol–water partition coefficient (Wildman–Crippen LogP) is 2.48. The van der Waals surface area contributed by atoms with Crippen LogP contribution in [0.1, 0.15) is 12.5 Å². The number of carbonyl (C=O) groups is 1. The number of nitrogens with one attached hydrogen (secondary N) is 1. The minimum absolute atomic E-state index is 0.105. The number of alkyl halides is 3. The number of halogens is 3. The maximum Gasteiger partial charge on any atom is 0.422 e. The molecule has 1 N–H and O–H groups in total. The van der Waals surface area contributed by atoms with Gasteiger partial charge >= 0.3 is 6.18 Å². The highest BCUT2D eigenvalue weighted by Crippen LogP contribution is 2.19. The van der Waals surface area contributed by atoms with Gasteiger partial charge in [0.1, 0.15) is 5.75 Å². The zero-order valence-electron chi connectivity index (χ0n) is 13.6. The van der Waals surface area contributed by atoms with Crippen molar-refractivity contribution < 1.29 is 22.7 Å². The maximum atomic E-state index is 12.1. The minimum atomic E-state index is -4.38. The molecular weight excluding hydrogens is 309 g/mol. The molecule has 0 aliphatic heterocycles. The molecule has 0 spiro atoms. The molecule has 0 bridgehead atoms. The molecule has 1 amide bonds. The van der Waals surface area contributed by atoms with Crippen LogP contribution in [-0.2, 0) is 11.2 Å². The highest BCUT2D eigenvalue weighted by Gasteiger charge is 2.28. The Labute approximate surface area is 134 Å². The summed E-state index contributed by atoms with van der Waals surface area (Å²) in [6.07, 6.45) is -4.27. The second-order valence-electron chi connectivity index (χ2n) is 5.90. The van der Waals surface area contributed by atoms with Crippen molar-refractivity contribution in [3.63, 3.8) is 0 Å². The molecule has 0 fully saturated rings. The Morgan fingerprint density at radius 3 is 2.65 bits per heavy atom. The van der Waals surface area contributed by atoms with E-state index in [1.165, 1.54) is 12.1 Å². The zero-order chi connectivity index (χ0) is 17.5. The van der Waals surface area contributed by atoms with Crippen molar-refractivity contribution >= 4 is 5.91 Å². The highest BCUT2D eigenvalue weighted by atomic mass is 19.4. The van der Waals surface area contributed by atoms with Crippen molar-refractivity contribution in [2.24, 2.45) is 5.92 Å². The van der Waals surface area contributed by atoms with Crippen LogP contribution in [0.3, 0.4) is 0 Å². The lowest BCUT2D eigenvalue weighted by Crippen LogP contribution is -2.33. The van der Waals surface area contributed by atoms with Gasteiger partial charge in [0.05, 0.1) is 6.42 Å². The van der Waals surface area contributed by atoms with Crippen LogP contribution in [0, 0.1) is 5.92 Å². The van der Waals surface area contributed by atoms with E-state index in [2.05, 4.69) is 10.1 Å². The summed E-state index contributed by atoms with van der Waals surface area (Å²) in [5.74, 6) is 0.257. The number of rotatable bonds is 8. The van der Waals surface area contributed by atoms with Crippen molar-refractivity contribution in [3.8, 4) is 5.75 Å². The SMILES string of the molecule is C[C@H](CNC(=O)Cc1cccc(OCC(F)(F)F)c1)CN(C)C. The summed E-state index contributed by atoms with van der Waals surface area (Å²) in [5.41, 5.74) is 0.613. The van der Waals surface area contributed by atoms with Gasteiger partial charge in [-0.2, -0.15) is 13.2 Å². The summed E-state index contributed by atoms with van der Waals surface area (Å²) in [6.45, 7) is 2.11. The first-order chi connectivity index (χ1) is 10.7. The van der Waals surface area contributed by atoms with Crippen molar-refractivity contribution in [1.82, 2.24) is 10.2 Å². The van der Waals surface area contributed by atoms with Gasteiger partial charge in [-0.1, -0.05) is 19.1 Å². The molecule has 0 aliphatic carbocycles. The van der Waals surface area contributed by atoms with Gasteiger partial charge in [-0.05, 0) is 37.7 Å². The third-order valence-electron chi connectivity index (χ3n) is 2.99. The summed E-state index contributed by atoms with van der Waals surface area (Å²) in [6, 6.07) is 6.15. The van der Waals surface area contributed by atoms with Gasteiger partial charge in [0.25, 0.3) is 0 Å². The van der Waals surface area contributed by atoms with Crippen LogP contribution in [0.15, 0.2) is 24.3 Å². The largest absolute Gasteiger partial charge is 0.484 e. The Balaban J connectivity index is 2.46. The van der Waals surface area contributed by atoms with E-state index >= 15 is 0 Å². The van der Waals surface area contributed by atoms with Gasteiger partial charge < -0.3 is 15.0 Å². The first-order valence-electron chi connectivity index (χ1n) is 7.35. The molecule has 1 aromatic carbocycles. The Kier molecular flexibility index (Phi) is 7.35. The molecule has 7 heteroatoms. The van der Waals surface area contributed by atoms with E-state index < -0.39 is 12.8 Å². The monoisotopic (exact) mass is 332 g/mol. The maximum absolute atomic E-state index is 12.1. The van der Waals surface area contributed by atoms with Crippen LogP contribution in [0.25, 0.3) is 0 Å². The van der Waals surface area contributed by atoms with Crippen molar-refractivity contribution in [1.29, 1.82) is 0 Å². The number of nitrogens with zero attached hydrogens (tertiary/aromatic N) is 1. The third-order valence-corrected chi connectivity index (χ3v) is 2.99. The lowest BCUT2D eigenvalue weighted by atomic mass is 10.1. The number of ether oxygens (including phenoxy) is 1.